The number of nitrogens with one attached hydrogen (secondary N) is 2. The maximum atomic E-state index is 12.0. The number of carbonyl (C=O) groups is 2. The van der Waals surface area contributed by atoms with Gasteiger partial charge in [-0.1, -0.05) is 17.7 Å². The van der Waals surface area contributed by atoms with Crippen LogP contribution in [0.2, 0.25) is 5.02 Å². The smallest absolute Gasteiger partial charge is 0.232 e. The fourth-order valence-electron chi connectivity index (χ4n) is 1.78. The molecule has 1 aliphatic rings. The van der Waals surface area contributed by atoms with Gasteiger partial charge < -0.3 is 10.6 Å². The summed E-state index contributed by atoms with van der Waals surface area (Å²) in [4.78, 5) is 23.2. The Labute approximate surface area is 104 Å². The monoisotopic (exact) mass is 252 g/mol. The third kappa shape index (κ3) is 2.58. The Hall–Kier alpha value is -1.55. The van der Waals surface area contributed by atoms with E-state index in [0.29, 0.717) is 17.3 Å². The molecule has 0 saturated carbocycles. The molecule has 1 atom stereocenters. The molecule has 1 aliphatic heterocycles. The number of halogens is 1. The molecule has 0 spiro atoms. The van der Waals surface area contributed by atoms with Gasteiger partial charge in [0.2, 0.25) is 11.8 Å². The molecular weight excluding hydrogens is 240 g/mol. The van der Waals surface area contributed by atoms with E-state index in [4.69, 9.17) is 11.6 Å². The van der Waals surface area contributed by atoms with Crippen molar-refractivity contribution in [1.82, 2.24) is 5.32 Å². The average molecular weight is 253 g/mol. The van der Waals surface area contributed by atoms with Gasteiger partial charge in [0.05, 0.1) is 5.41 Å². The number of benzene rings is 1. The van der Waals surface area contributed by atoms with Gasteiger partial charge >= 0.3 is 0 Å². The fraction of sp³-hybridized carbons (Fsp3) is 0.333. The zero-order valence-corrected chi connectivity index (χ0v) is 10.2. The van der Waals surface area contributed by atoms with Crippen LogP contribution in [0.1, 0.15) is 13.3 Å². The van der Waals surface area contributed by atoms with Crippen LogP contribution in [0.5, 0.6) is 0 Å². The van der Waals surface area contributed by atoms with Gasteiger partial charge in [-0.25, -0.2) is 0 Å². The van der Waals surface area contributed by atoms with E-state index in [9.17, 15) is 9.59 Å². The van der Waals surface area contributed by atoms with Crippen LogP contribution in [0.15, 0.2) is 24.3 Å². The third-order valence-electron chi connectivity index (χ3n) is 2.86. The summed E-state index contributed by atoms with van der Waals surface area (Å²) < 4.78 is 0. The van der Waals surface area contributed by atoms with E-state index in [-0.39, 0.29) is 18.2 Å². The van der Waals surface area contributed by atoms with Crippen LogP contribution in [-0.2, 0) is 9.59 Å². The van der Waals surface area contributed by atoms with Crippen molar-refractivity contribution in [2.24, 2.45) is 5.41 Å². The van der Waals surface area contributed by atoms with Crippen molar-refractivity contribution in [3.05, 3.63) is 29.3 Å². The van der Waals surface area contributed by atoms with E-state index in [1.165, 1.54) is 0 Å². The first-order chi connectivity index (χ1) is 7.99. The SMILES string of the molecule is CC1(C(=O)Nc2cccc(Cl)c2)CNC(=O)C1. The first-order valence-electron chi connectivity index (χ1n) is 5.33. The highest BCUT2D eigenvalue weighted by Gasteiger charge is 2.40. The number of hydrogen-bond donors (Lipinski definition) is 2. The highest BCUT2D eigenvalue weighted by molar-refractivity contribution is 6.30. The maximum absolute atomic E-state index is 12.0. The van der Waals surface area contributed by atoms with Gasteiger partial charge in [0.15, 0.2) is 0 Å². The molecule has 90 valence electrons. The standard InChI is InChI=1S/C12H13ClN2O2/c1-12(6-10(16)14-7-12)11(17)15-9-4-2-3-8(13)5-9/h2-5H,6-7H2,1H3,(H,14,16)(H,15,17). The highest BCUT2D eigenvalue weighted by atomic mass is 35.5. The van der Waals surface area contributed by atoms with Gasteiger partial charge in [0.25, 0.3) is 0 Å². The summed E-state index contributed by atoms with van der Waals surface area (Å²) in [5.41, 5.74) is -0.0394. The largest absolute Gasteiger partial charge is 0.355 e. The fourth-order valence-corrected chi connectivity index (χ4v) is 1.97. The summed E-state index contributed by atoms with van der Waals surface area (Å²) in [5, 5.41) is 6.00. The molecule has 1 aromatic rings. The maximum Gasteiger partial charge on any atom is 0.232 e. The number of anilines is 1. The summed E-state index contributed by atoms with van der Waals surface area (Å²) in [6.45, 7) is 2.14. The van der Waals surface area contributed by atoms with Crippen LogP contribution in [0.3, 0.4) is 0 Å². The molecule has 1 aromatic carbocycles. The minimum atomic E-state index is -0.681. The van der Waals surface area contributed by atoms with Crippen LogP contribution in [0.25, 0.3) is 0 Å². The van der Waals surface area contributed by atoms with E-state index in [1.807, 2.05) is 0 Å². The van der Waals surface area contributed by atoms with Crippen LogP contribution in [0, 0.1) is 5.41 Å². The minimum Gasteiger partial charge on any atom is -0.355 e. The molecule has 1 saturated heterocycles. The number of amides is 2. The molecule has 5 heteroatoms. The molecule has 1 fully saturated rings. The first-order valence-corrected chi connectivity index (χ1v) is 5.71. The normalized spacial score (nSPS) is 23.3. The molecule has 2 N–H and O–H groups in total. The summed E-state index contributed by atoms with van der Waals surface area (Å²) in [5.74, 6) is -0.258. The molecule has 0 aliphatic carbocycles. The first kappa shape index (κ1) is 11.9. The molecule has 1 heterocycles. The summed E-state index contributed by atoms with van der Waals surface area (Å²) in [7, 11) is 0. The molecule has 1 unspecified atom stereocenters. The Kier molecular flexibility index (Phi) is 3.07. The van der Waals surface area contributed by atoms with Crippen LogP contribution in [-0.4, -0.2) is 18.4 Å². The quantitative estimate of drug-likeness (QED) is 0.843. The van der Waals surface area contributed by atoms with Crippen molar-refractivity contribution in [2.75, 3.05) is 11.9 Å². The molecule has 0 bridgehead atoms. The van der Waals surface area contributed by atoms with E-state index in [0.717, 1.165) is 0 Å². The van der Waals surface area contributed by atoms with E-state index in [2.05, 4.69) is 10.6 Å². The number of carbonyl (C=O) groups excluding carboxylic acids is 2. The van der Waals surface area contributed by atoms with Crippen molar-refractivity contribution in [2.45, 2.75) is 13.3 Å². The van der Waals surface area contributed by atoms with Crippen LogP contribution < -0.4 is 10.6 Å². The Morgan fingerprint density at radius 3 is 2.88 bits per heavy atom. The minimum absolute atomic E-state index is 0.0891. The van der Waals surface area contributed by atoms with Gasteiger partial charge in [-0.3, -0.25) is 9.59 Å². The van der Waals surface area contributed by atoms with Crippen molar-refractivity contribution in [3.8, 4) is 0 Å². The lowest BCUT2D eigenvalue weighted by atomic mass is 9.88. The van der Waals surface area contributed by atoms with Crippen molar-refractivity contribution in [1.29, 1.82) is 0 Å². The highest BCUT2D eigenvalue weighted by Crippen LogP contribution is 2.27. The topological polar surface area (TPSA) is 58.2 Å². The lowest BCUT2D eigenvalue weighted by Gasteiger charge is -2.20. The van der Waals surface area contributed by atoms with Gasteiger partial charge in [-0.2, -0.15) is 0 Å². The summed E-state index contributed by atoms with van der Waals surface area (Å²) in [6, 6.07) is 6.93. The second-order valence-electron chi connectivity index (χ2n) is 4.48. The van der Waals surface area contributed by atoms with Gasteiger partial charge in [-0.15, -0.1) is 0 Å². The predicted molar refractivity (Wildman–Crippen MR) is 65.8 cm³/mol. The molecule has 4 nitrogen and oxygen atoms in total. The second kappa shape index (κ2) is 4.37. The average Bonchev–Trinajstić information content (AvgIpc) is 2.60. The van der Waals surface area contributed by atoms with Gasteiger partial charge in [0, 0.05) is 23.7 Å². The van der Waals surface area contributed by atoms with E-state index in [1.54, 1.807) is 31.2 Å². The molecule has 17 heavy (non-hydrogen) atoms. The molecule has 2 rings (SSSR count). The Balaban J connectivity index is 2.09. The zero-order chi connectivity index (χ0) is 12.5. The van der Waals surface area contributed by atoms with Crippen LogP contribution >= 0.6 is 11.6 Å². The predicted octanol–water partition coefficient (Wildman–Crippen LogP) is 1.80. The van der Waals surface area contributed by atoms with E-state index >= 15 is 0 Å². The molecule has 0 radical (unpaired) electrons. The molecule has 0 aromatic heterocycles. The number of hydrogen-bond acceptors (Lipinski definition) is 2. The van der Waals surface area contributed by atoms with Crippen LogP contribution in [0.4, 0.5) is 5.69 Å². The third-order valence-corrected chi connectivity index (χ3v) is 3.09. The lowest BCUT2D eigenvalue weighted by molar-refractivity contribution is -0.126. The summed E-state index contributed by atoms with van der Waals surface area (Å²) in [6.07, 6.45) is 0.222. The Morgan fingerprint density at radius 1 is 1.53 bits per heavy atom. The van der Waals surface area contributed by atoms with E-state index < -0.39 is 5.41 Å². The van der Waals surface area contributed by atoms with Gasteiger partial charge in [0.1, 0.15) is 0 Å². The van der Waals surface area contributed by atoms with Gasteiger partial charge in [-0.05, 0) is 25.1 Å². The number of rotatable bonds is 2. The molecule has 2 amide bonds. The Bertz CT molecular complexity index is 475. The van der Waals surface area contributed by atoms with Crippen molar-refractivity contribution >= 4 is 29.1 Å². The van der Waals surface area contributed by atoms with Crippen molar-refractivity contribution in [3.63, 3.8) is 0 Å². The van der Waals surface area contributed by atoms with Crippen molar-refractivity contribution < 1.29 is 9.59 Å². The Morgan fingerprint density at radius 2 is 2.29 bits per heavy atom. The zero-order valence-electron chi connectivity index (χ0n) is 9.42. The second-order valence-corrected chi connectivity index (χ2v) is 4.92. The molecular formula is C12H13ClN2O2. The summed E-state index contributed by atoms with van der Waals surface area (Å²) >= 11 is 5.83. The lowest BCUT2D eigenvalue weighted by Crippen LogP contribution is -2.35.